The van der Waals surface area contributed by atoms with Gasteiger partial charge in [-0.15, -0.1) is 11.3 Å². The van der Waals surface area contributed by atoms with Crippen LogP contribution in [0.15, 0.2) is 0 Å². The average molecular weight is 249 g/mol. The van der Waals surface area contributed by atoms with E-state index in [9.17, 15) is 8.78 Å². The van der Waals surface area contributed by atoms with Crippen molar-refractivity contribution < 1.29 is 8.78 Å². The lowest BCUT2D eigenvalue weighted by Crippen LogP contribution is -2.23. The number of halogens is 2. The quantitative estimate of drug-likeness (QED) is 0.841. The molecule has 92 valence electrons. The Morgan fingerprint density at radius 2 is 2.19 bits per heavy atom. The van der Waals surface area contributed by atoms with Crippen LogP contribution in [0.5, 0.6) is 0 Å². The first-order valence-corrected chi connectivity index (χ1v) is 6.08. The molecule has 1 aromatic heterocycles. The van der Waals surface area contributed by atoms with Gasteiger partial charge in [-0.3, -0.25) is 0 Å². The minimum absolute atomic E-state index is 0.289. The van der Waals surface area contributed by atoms with Crippen LogP contribution in [0.2, 0.25) is 0 Å². The standard InChI is InChI=1S/C10H17F2N3S/c1-3-4-7-8(5-13)16-10(14-7)15(2)6-9(11)12/h9H,3-6,13H2,1-2H3. The van der Waals surface area contributed by atoms with Crippen LogP contribution in [0.4, 0.5) is 13.9 Å². The molecule has 0 atom stereocenters. The van der Waals surface area contributed by atoms with E-state index in [0.717, 1.165) is 23.4 Å². The Kier molecular flexibility index (Phi) is 5.08. The molecule has 2 N–H and O–H groups in total. The Hall–Kier alpha value is -0.750. The number of hydrogen-bond acceptors (Lipinski definition) is 4. The lowest BCUT2D eigenvalue weighted by atomic mass is 10.2. The fraction of sp³-hybridized carbons (Fsp3) is 0.700. The van der Waals surface area contributed by atoms with Crippen molar-refractivity contribution in [2.45, 2.75) is 32.7 Å². The first-order chi connectivity index (χ1) is 7.58. The first-order valence-electron chi connectivity index (χ1n) is 5.26. The fourth-order valence-electron chi connectivity index (χ4n) is 1.41. The summed E-state index contributed by atoms with van der Waals surface area (Å²) < 4.78 is 24.4. The molecule has 6 heteroatoms. The van der Waals surface area contributed by atoms with Gasteiger partial charge in [-0.2, -0.15) is 0 Å². The monoisotopic (exact) mass is 249 g/mol. The molecule has 0 aliphatic carbocycles. The van der Waals surface area contributed by atoms with Gasteiger partial charge in [0.05, 0.1) is 12.2 Å². The van der Waals surface area contributed by atoms with Crippen molar-refractivity contribution in [2.75, 3.05) is 18.5 Å². The Morgan fingerprint density at radius 3 is 2.69 bits per heavy atom. The van der Waals surface area contributed by atoms with E-state index in [2.05, 4.69) is 11.9 Å². The fourth-order valence-corrected chi connectivity index (χ4v) is 2.37. The minimum Gasteiger partial charge on any atom is -0.345 e. The molecular weight excluding hydrogens is 232 g/mol. The number of hydrogen-bond donors (Lipinski definition) is 1. The van der Waals surface area contributed by atoms with Gasteiger partial charge in [-0.25, -0.2) is 13.8 Å². The minimum atomic E-state index is -2.34. The van der Waals surface area contributed by atoms with Gasteiger partial charge in [0, 0.05) is 18.5 Å². The van der Waals surface area contributed by atoms with Crippen molar-refractivity contribution >= 4 is 16.5 Å². The van der Waals surface area contributed by atoms with Gasteiger partial charge in [0.25, 0.3) is 6.43 Å². The highest BCUT2D eigenvalue weighted by atomic mass is 32.1. The summed E-state index contributed by atoms with van der Waals surface area (Å²) >= 11 is 1.41. The summed E-state index contributed by atoms with van der Waals surface area (Å²) in [6.07, 6.45) is -0.509. The van der Waals surface area contributed by atoms with Crippen molar-refractivity contribution in [3.63, 3.8) is 0 Å². The predicted octanol–water partition coefficient (Wildman–Crippen LogP) is 2.26. The Morgan fingerprint density at radius 1 is 1.50 bits per heavy atom. The third-order valence-electron chi connectivity index (χ3n) is 2.18. The highest BCUT2D eigenvalue weighted by Crippen LogP contribution is 2.26. The molecule has 0 radical (unpaired) electrons. The van der Waals surface area contributed by atoms with Crippen molar-refractivity contribution in [1.29, 1.82) is 0 Å². The summed E-state index contributed by atoms with van der Waals surface area (Å²) in [7, 11) is 1.63. The molecule has 0 spiro atoms. The van der Waals surface area contributed by atoms with E-state index in [1.54, 1.807) is 7.05 Å². The van der Waals surface area contributed by atoms with E-state index >= 15 is 0 Å². The maximum atomic E-state index is 12.2. The molecule has 0 unspecified atom stereocenters. The highest BCUT2D eigenvalue weighted by Gasteiger charge is 2.15. The summed E-state index contributed by atoms with van der Waals surface area (Å²) in [4.78, 5) is 6.83. The second-order valence-electron chi connectivity index (χ2n) is 3.59. The van der Waals surface area contributed by atoms with Gasteiger partial charge in [0.15, 0.2) is 5.13 Å². The van der Waals surface area contributed by atoms with E-state index in [1.165, 1.54) is 16.2 Å². The third-order valence-corrected chi connectivity index (χ3v) is 3.41. The number of anilines is 1. The molecule has 3 nitrogen and oxygen atoms in total. The SMILES string of the molecule is CCCc1nc(N(C)CC(F)F)sc1CN. The van der Waals surface area contributed by atoms with Gasteiger partial charge in [0.1, 0.15) is 0 Å². The van der Waals surface area contributed by atoms with E-state index in [0.29, 0.717) is 11.7 Å². The van der Waals surface area contributed by atoms with Gasteiger partial charge < -0.3 is 10.6 Å². The van der Waals surface area contributed by atoms with Gasteiger partial charge in [0.2, 0.25) is 0 Å². The molecule has 1 heterocycles. The van der Waals surface area contributed by atoms with E-state index in [-0.39, 0.29) is 6.54 Å². The number of aromatic nitrogens is 1. The molecule has 0 amide bonds. The zero-order valence-corrected chi connectivity index (χ0v) is 10.4. The Bertz CT molecular complexity index is 328. The molecule has 0 fully saturated rings. The summed E-state index contributed by atoms with van der Waals surface area (Å²) in [6, 6.07) is 0. The number of nitrogens with two attached hydrogens (primary N) is 1. The Balaban J connectivity index is 2.80. The zero-order chi connectivity index (χ0) is 12.1. The molecule has 0 bridgehead atoms. The van der Waals surface area contributed by atoms with Gasteiger partial charge in [-0.1, -0.05) is 13.3 Å². The van der Waals surface area contributed by atoms with Crippen molar-refractivity contribution in [3.8, 4) is 0 Å². The van der Waals surface area contributed by atoms with Crippen LogP contribution < -0.4 is 10.6 Å². The van der Waals surface area contributed by atoms with Crippen molar-refractivity contribution in [3.05, 3.63) is 10.6 Å². The van der Waals surface area contributed by atoms with Crippen LogP contribution in [0.3, 0.4) is 0 Å². The second-order valence-corrected chi connectivity index (χ2v) is 4.65. The normalized spacial score (nSPS) is 11.1. The zero-order valence-electron chi connectivity index (χ0n) is 9.54. The van der Waals surface area contributed by atoms with E-state index < -0.39 is 6.43 Å². The number of rotatable bonds is 6. The summed E-state index contributed by atoms with van der Waals surface area (Å²) in [5.41, 5.74) is 6.55. The van der Waals surface area contributed by atoms with Crippen LogP contribution in [0.1, 0.15) is 23.9 Å². The molecule has 0 aliphatic rings. The number of aryl methyl sites for hydroxylation is 1. The largest absolute Gasteiger partial charge is 0.345 e. The van der Waals surface area contributed by atoms with Crippen LogP contribution in [-0.2, 0) is 13.0 Å². The predicted molar refractivity (Wildman–Crippen MR) is 63.3 cm³/mol. The smallest absolute Gasteiger partial charge is 0.255 e. The summed E-state index contributed by atoms with van der Waals surface area (Å²) in [6.45, 7) is 2.20. The Labute approximate surface area is 98.3 Å². The first kappa shape index (κ1) is 13.3. The van der Waals surface area contributed by atoms with E-state index in [4.69, 9.17) is 5.73 Å². The average Bonchev–Trinajstić information content (AvgIpc) is 2.61. The lowest BCUT2D eigenvalue weighted by Gasteiger charge is -2.14. The number of thiazole rings is 1. The van der Waals surface area contributed by atoms with Crippen LogP contribution in [0.25, 0.3) is 0 Å². The third kappa shape index (κ3) is 3.38. The van der Waals surface area contributed by atoms with Gasteiger partial charge >= 0.3 is 0 Å². The molecule has 1 aromatic rings. The maximum absolute atomic E-state index is 12.2. The van der Waals surface area contributed by atoms with Crippen molar-refractivity contribution in [1.82, 2.24) is 4.98 Å². The van der Waals surface area contributed by atoms with Crippen LogP contribution in [0, 0.1) is 0 Å². The molecule has 16 heavy (non-hydrogen) atoms. The second kappa shape index (κ2) is 6.10. The molecule has 0 saturated carbocycles. The highest BCUT2D eigenvalue weighted by molar-refractivity contribution is 7.15. The van der Waals surface area contributed by atoms with Crippen LogP contribution >= 0.6 is 11.3 Å². The summed E-state index contributed by atoms with van der Waals surface area (Å²) in [5.74, 6) is 0. The van der Waals surface area contributed by atoms with Crippen LogP contribution in [-0.4, -0.2) is 25.0 Å². The maximum Gasteiger partial charge on any atom is 0.255 e. The number of alkyl halides is 2. The molecule has 1 rings (SSSR count). The van der Waals surface area contributed by atoms with Gasteiger partial charge in [-0.05, 0) is 6.42 Å². The molecular formula is C10H17F2N3S. The molecule has 0 aromatic carbocycles. The summed E-state index contributed by atoms with van der Waals surface area (Å²) in [5, 5.41) is 0.629. The topological polar surface area (TPSA) is 42.2 Å². The number of nitrogens with zero attached hydrogens (tertiary/aromatic N) is 2. The lowest BCUT2D eigenvalue weighted by molar-refractivity contribution is 0.156. The molecule has 0 aliphatic heterocycles. The van der Waals surface area contributed by atoms with E-state index in [1.807, 2.05) is 0 Å². The van der Waals surface area contributed by atoms with Crippen molar-refractivity contribution in [2.24, 2.45) is 5.73 Å². The molecule has 0 saturated heterocycles.